The zero-order valence-corrected chi connectivity index (χ0v) is 11.0. The van der Waals surface area contributed by atoms with Gasteiger partial charge in [0.05, 0.1) is 0 Å². The molecule has 0 aromatic carbocycles. The van der Waals surface area contributed by atoms with Crippen LogP contribution in [0.3, 0.4) is 0 Å². The van der Waals surface area contributed by atoms with Crippen LogP contribution in [0, 0.1) is 0 Å². The molecule has 0 bridgehead atoms. The number of hydrogen-bond acceptors (Lipinski definition) is 5. The molecule has 0 unspecified atom stereocenters. The molecule has 16 heavy (non-hydrogen) atoms. The molecule has 0 atom stereocenters. The van der Waals surface area contributed by atoms with Crippen LogP contribution in [0.5, 0.6) is 0 Å². The lowest BCUT2D eigenvalue weighted by atomic mass is 10.2. The van der Waals surface area contributed by atoms with Gasteiger partial charge in [0.2, 0.25) is 5.13 Å². The first kappa shape index (κ1) is 13.4. The molecule has 0 aliphatic heterocycles. The summed E-state index contributed by atoms with van der Waals surface area (Å²) in [5.41, 5.74) is 5.43. The van der Waals surface area contributed by atoms with Crippen molar-refractivity contribution in [3.8, 4) is 0 Å². The molecule has 0 amide bonds. The summed E-state index contributed by atoms with van der Waals surface area (Å²) in [6.07, 6.45) is 4.78. The highest BCUT2D eigenvalue weighted by Crippen LogP contribution is 2.17. The molecular weight excluding hydrogens is 220 g/mol. The minimum absolute atomic E-state index is 0.413. The molecule has 0 radical (unpaired) electrons. The van der Waals surface area contributed by atoms with E-state index in [4.69, 9.17) is 5.73 Å². The first-order valence-electron chi connectivity index (χ1n) is 6.01. The maximum absolute atomic E-state index is 5.43. The fourth-order valence-corrected chi connectivity index (χ4v) is 2.09. The van der Waals surface area contributed by atoms with Gasteiger partial charge in [-0.1, -0.05) is 26.7 Å². The van der Waals surface area contributed by atoms with E-state index in [1.165, 1.54) is 30.8 Å². The van der Waals surface area contributed by atoms with E-state index < -0.39 is 0 Å². The van der Waals surface area contributed by atoms with Gasteiger partial charge in [-0.05, 0) is 19.4 Å². The van der Waals surface area contributed by atoms with E-state index in [1.54, 1.807) is 0 Å². The lowest BCUT2D eigenvalue weighted by Gasteiger charge is -2.01. The summed E-state index contributed by atoms with van der Waals surface area (Å²) in [6, 6.07) is 0. The number of rotatable bonds is 8. The molecular formula is C11H22N4S. The van der Waals surface area contributed by atoms with Crippen molar-refractivity contribution in [2.45, 2.75) is 45.4 Å². The van der Waals surface area contributed by atoms with Crippen molar-refractivity contribution in [3.63, 3.8) is 0 Å². The van der Waals surface area contributed by atoms with E-state index in [0.29, 0.717) is 5.92 Å². The van der Waals surface area contributed by atoms with Crippen molar-refractivity contribution < 1.29 is 0 Å². The fraction of sp³-hybridized carbons (Fsp3) is 0.818. The molecule has 3 N–H and O–H groups in total. The summed E-state index contributed by atoms with van der Waals surface area (Å²) in [5, 5.41) is 4.26. The molecule has 0 aliphatic rings. The van der Waals surface area contributed by atoms with Crippen molar-refractivity contribution in [1.82, 2.24) is 9.36 Å². The van der Waals surface area contributed by atoms with Crippen LogP contribution in [-0.2, 0) is 0 Å². The molecule has 1 aromatic rings. The van der Waals surface area contributed by atoms with Crippen molar-refractivity contribution in [2.24, 2.45) is 5.73 Å². The van der Waals surface area contributed by atoms with Gasteiger partial charge in [0.25, 0.3) is 0 Å². The Labute approximate surface area is 102 Å². The van der Waals surface area contributed by atoms with Crippen LogP contribution in [0.4, 0.5) is 5.13 Å². The maximum atomic E-state index is 5.43. The molecule has 92 valence electrons. The minimum Gasteiger partial charge on any atom is -0.360 e. The zero-order chi connectivity index (χ0) is 11.8. The number of nitrogens with two attached hydrogens (primary N) is 1. The molecule has 0 spiro atoms. The molecule has 1 heterocycles. The lowest BCUT2D eigenvalue weighted by Crippen LogP contribution is -2.02. The zero-order valence-electron chi connectivity index (χ0n) is 10.2. The van der Waals surface area contributed by atoms with Crippen molar-refractivity contribution >= 4 is 16.7 Å². The van der Waals surface area contributed by atoms with Crippen LogP contribution in [0.15, 0.2) is 0 Å². The normalized spacial score (nSPS) is 11.0. The van der Waals surface area contributed by atoms with Gasteiger partial charge < -0.3 is 11.1 Å². The van der Waals surface area contributed by atoms with E-state index in [-0.39, 0.29) is 0 Å². The predicted octanol–water partition coefficient (Wildman–Crippen LogP) is 2.59. The highest BCUT2D eigenvalue weighted by molar-refractivity contribution is 7.09. The quantitative estimate of drug-likeness (QED) is 0.688. The van der Waals surface area contributed by atoms with Crippen LogP contribution in [0.2, 0.25) is 0 Å². The Morgan fingerprint density at radius 2 is 2.00 bits per heavy atom. The van der Waals surface area contributed by atoms with Crippen LogP contribution < -0.4 is 11.1 Å². The Morgan fingerprint density at radius 3 is 2.62 bits per heavy atom. The van der Waals surface area contributed by atoms with Crippen LogP contribution in [0.25, 0.3) is 0 Å². The smallest absolute Gasteiger partial charge is 0.202 e. The molecule has 0 fully saturated rings. The third-order valence-corrected chi connectivity index (χ3v) is 3.05. The van der Waals surface area contributed by atoms with Gasteiger partial charge in [-0.15, -0.1) is 0 Å². The van der Waals surface area contributed by atoms with Crippen molar-refractivity contribution in [3.05, 3.63) is 5.82 Å². The van der Waals surface area contributed by atoms with Gasteiger partial charge in [-0.3, -0.25) is 0 Å². The summed E-state index contributed by atoms with van der Waals surface area (Å²) < 4.78 is 4.30. The monoisotopic (exact) mass is 242 g/mol. The van der Waals surface area contributed by atoms with E-state index in [9.17, 15) is 0 Å². The summed E-state index contributed by atoms with van der Waals surface area (Å²) in [4.78, 5) is 4.42. The fourth-order valence-electron chi connectivity index (χ4n) is 1.36. The van der Waals surface area contributed by atoms with Crippen LogP contribution in [0.1, 0.15) is 51.3 Å². The Hall–Kier alpha value is -0.680. The number of nitrogens with one attached hydrogen (secondary N) is 1. The lowest BCUT2D eigenvalue weighted by molar-refractivity contribution is 0.661. The first-order chi connectivity index (χ1) is 7.74. The number of anilines is 1. The average molecular weight is 242 g/mol. The second kappa shape index (κ2) is 7.57. The van der Waals surface area contributed by atoms with Gasteiger partial charge in [-0.25, -0.2) is 4.98 Å². The van der Waals surface area contributed by atoms with Gasteiger partial charge in [0.15, 0.2) is 0 Å². The summed E-state index contributed by atoms with van der Waals surface area (Å²) in [7, 11) is 0. The van der Waals surface area contributed by atoms with Gasteiger partial charge in [0, 0.05) is 24.0 Å². The third kappa shape index (κ3) is 4.90. The molecule has 4 nitrogen and oxygen atoms in total. The Bertz CT molecular complexity index is 285. The van der Waals surface area contributed by atoms with Crippen LogP contribution in [-0.4, -0.2) is 22.4 Å². The largest absolute Gasteiger partial charge is 0.360 e. The molecule has 0 saturated heterocycles. The van der Waals surface area contributed by atoms with Crippen molar-refractivity contribution in [2.75, 3.05) is 18.4 Å². The van der Waals surface area contributed by atoms with E-state index in [1.807, 2.05) is 0 Å². The summed E-state index contributed by atoms with van der Waals surface area (Å²) in [6.45, 7) is 6.01. The Morgan fingerprint density at radius 1 is 1.25 bits per heavy atom. The highest BCUT2D eigenvalue weighted by atomic mass is 32.1. The number of aromatic nitrogens is 2. The highest BCUT2D eigenvalue weighted by Gasteiger charge is 2.06. The Kier molecular flexibility index (Phi) is 6.33. The van der Waals surface area contributed by atoms with Gasteiger partial charge in [-0.2, -0.15) is 4.37 Å². The first-order valence-corrected chi connectivity index (χ1v) is 6.79. The van der Waals surface area contributed by atoms with Gasteiger partial charge in [0.1, 0.15) is 5.82 Å². The minimum atomic E-state index is 0.413. The standard InChI is InChI=1S/C11H22N4S/c1-9(2)10-14-11(16-15-10)13-8-6-4-3-5-7-12/h9H,3-8,12H2,1-2H3,(H,13,14,15). The van der Waals surface area contributed by atoms with E-state index >= 15 is 0 Å². The molecule has 1 aromatic heterocycles. The topological polar surface area (TPSA) is 63.8 Å². The third-order valence-electron chi connectivity index (χ3n) is 2.37. The molecule has 0 saturated carbocycles. The summed E-state index contributed by atoms with van der Waals surface area (Å²) in [5.74, 6) is 1.35. The van der Waals surface area contributed by atoms with Gasteiger partial charge >= 0.3 is 0 Å². The number of hydrogen-bond donors (Lipinski definition) is 2. The second-order valence-electron chi connectivity index (χ2n) is 4.24. The number of nitrogens with zero attached hydrogens (tertiary/aromatic N) is 2. The maximum Gasteiger partial charge on any atom is 0.202 e. The molecule has 1 rings (SSSR count). The second-order valence-corrected chi connectivity index (χ2v) is 4.99. The van der Waals surface area contributed by atoms with E-state index in [2.05, 4.69) is 28.5 Å². The summed E-state index contributed by atoms with van der Waals surface area (Å²) >= 11 is 1.45. The van der Waals surface area contributed by atoms with Crippen LogP contribution >= 0.6 is 11.5 Å². The predicted molar refractivity (Wildman–Crippen MR) is 70.0 cm³/mol. The molecule has 5 heteroatoms. The average Bonchev–Trinajstić information content (AvgIpc) is 2.72. The Balaban J connectivity index is 2.12. The number of unbranched alkanes of at least 4 members (excludes halogenated alkanes) is 3. The van der Waals surface area contributed by atoms with E-state index in [0.717, 1.165) is 30.5 Å². The molecule has 0 aliphatic carbocycles. The SMILES string of the molecule is CC(C)c1nsc(NCCCCCCN)n1. The van der Waals surface area contributed by atoms with Crippen molar-refractivity contribution in [1.29, 1.82) is 0 Å².